The summed E-state index contributed by atoms with van der Waals surface area (Å²) in [4.78, 5) is 16.8. The van der Waals surface area contributed by atoms with Gasteiger partial charge < -0.3 is 5.32 Å². The number of carbonyl (C=O) groups excluding carboxylic acids is 1. The first-order chi connectivity index (χ1) is 12.5. The molecule has 7 heteroatoms. The van der Waals surface area contributed by atoms with E-state index in [1.54, 1.807) is 24.3 Å². The maximum absolute atomic E-state index is 12.3. The summed E-state index contributed by atoms with van der Waals surface area (Å²) < 4.78 is 0. The quantitative estimate of drug-likeness (QED) is 0.596. The summed E-state index contributed by atoms with van der Waals surface area (Å²) >= 11 is 7.16. The molecule has 3 rings (SSSR count). The zero-order valence-electron chi connectivity index (χ0n) is 14.5. The van der Waals surface area contributed by atoms with Gasteiger partial charge in [0, 0.05) is 16.3 Å². The van der Waals surface area contributed by atoms with E-state index in [0.717, 1.165) is 12.0 Å². The first kappa shape index (κ1) is 18.5. The van der Waals surface area contributed by atoms with Crippen LogP contribution < -0.4 is 5.32 Å². The number of nitrogens with one attached hydrogen (secondary N) is 2. The van der Waals surface area contributed by atoms with E-state index in [4.69, 9.17) is 11.6 Å². The molecule has 0 aliphatic rings. The second-order valence-corrected chi connectivity index (χ2v) is 7.52. The summed E-state index contributed by atoms with van der Waals surface area (Å²) in [5.41, 5.74) is 2.95. The number of nitrogens with zero attached hydrogens (tertiary/aromatic N) is 2. The second-order valence-electron chi connectivity index (χ2n) is 5.77. The number of benzene rings is 2. The highest BCUT2D eigenvalue weighted by Gasteiger charge is 2.17. The molecule has 0 aliphatic heterocycles. The van der Waals surface area contributed by atoms with Gasteiger partial charge in [-0.25, -0.2) is 4.98 Å². The number of H-pyrrole nitrogens is 1. The SMILES string of the molecule is CCc1ccc(-c2nc(S[C@H](C)C(=O)Nc3ccc(Cl)cc3)n[nH]2)cc1. The molecule has 0 saturated carbocycles. The Bertz CT molecular complexity index is 877. The predicted octanol–water partition coefficient (Wildman–Crippen LogP) is 4.81. The van der Waals surface area contributed by atoms with Gasteiger partial charge in [-0.3, -0.25) is 9.89 Å². The molecule has 0 fully saturated rings. The number of anilines is 1. The van der Waals surface area contributed by atoms with Crippen molar-refractivity contribution in [3.8, 4) is 11.4 Å². The fraction of sp³-hybridized carbons (Fsp3) is 0.211. The molecule has 2 aromatic carbocycles. The van der Waals surface area contributed by atoms with Crippen molar-refractivity contribution >= 4 is 35.0 Å². The molecule has 0 radical (unpaired) electrons. The fourth-order valence-electron chi connectivity index (χ4n) is 2.32. The summed E-state index contributed by atoms with van der Waals surface area (Å²) in [6.07, 6.45) is 0.998. The molecule has 5 nitrogen and oxygen atoms in total. The van der Waals surface area contributed by atoms with Gasteiger partial charge in [0.15, 0.2) is 5.82 Å². The molecule has 2 N–H and O–H groups in total. The molecule has 1 aromatic heterocycles. The van der Waals surface area contributed by atoms with E-state index in [0.29, 0.717) is 21.7 Å². The number of aromatic amines is 1. The number of aromatic nitrogens is 3. The maximum atomic E-state index is 12.3. The molecule has 1 heterocycles. The monoisotopic (exact) mass is 386 g/mol. The zero-order valence-corrected chi connectivity index (χ0v) is 16.1. The Hall–Kier alpha value is -2.31. The number of hydrogen-bond acceptors (Lipinski definition) is 4. The van der Waals surface area contributed by atoms with Gasteiger partial charge in [0.1, 0.15) is 0 Å². The first-order valence-electron chi connectivity index (χ1n) is 8.30. The van der Waals surface area contributed by atoms with Gasteiger partial charge in [0.25, 0.3) is 0 Å². The lowest BCUT2D eigenvalue weighted by Crippen LogP contribution is -2.22. The van der Waals surface area contributed by atoms with Gasteiger partial charge >= 0.3 is 0 Å². The van der Waals surface area contributed by atoms with Gasteiger partial charge in [-0.1, -0.05) is 54.6 Å². The van der Waals surface area contributed by atoms with Crippen molar-refractivity contribution in [3.63, 3.8) is 0 Å². The fourth-order valence-corrected chi connectivity index (χ4v) is 3.17. The summed E-state index contributed by atoms with van der Waals surface area (Å²) in [7, 11) is 0. The highest BCUT2D eigenvalue weighted by Crippen LogP contribution is 2.24. The molecule has 0 spiro atoms. The predicted molar refractivity (Wildman–Crippen MR) is 107 cm³/mol. The molecule has 1 atom stereocenters. The Morgan fingerprint density at radius 1 is 1.19 bits per heavy atom. The van der Waals surface area contributed by atoms with Crippen LogP contribution in [0.25, 0.3) is 11.4 Å². The number of carbonyl (C=O) groups is 1. The number of hydrogen-bond donors (Lipinski definition) is 2. The third kappa shape index (κ3) is 4.65. The van der Waals surface area contributed by atoms with Crippen molar-refractivity contribution in [2.24, 2.45) is 0 Å². The van der Waals surface area contributed by atoms with E-state index in [1.807, 2.05) is 19.1 Å². The molecule has 26 heavy (non-hydrogen) atoms. The van der Waals surface area contributed by atoms with Crippen LogP contribution in [0.4, 0.5) is 5.69 Å². The molecular formula is C19H19ClN4OS. The van der Waals surface area contributed by atoms with Crippen molar-refractivity contribution in [2.45, 2.75) is 30.7 Å². The lowest BCUT2D eigenvalue weighted by molar-refractivity contribution is -0.115. The van der Waals surface area contributed by atoms with Crippen molar-refractivity contribution < 1.29 is 4.79 Å². The van der Waals surface area contributed by atoms with Crippen LogP contribution in [-0.2, 0) is 11.2 Å². The van der Waals surface area contributed by atoms with Crippen LogP contribution in [0.5, 0.6) is 0 Å². The van der Waals surface area contributed by atoms with Gasteiger partial charge in [-0.15, -0.1) is 5.10 Å². The molecule has 3 aromatic rings. The van der Waals surface area contributed by atoms with E-state index in [9.17, 15) is 4.79 Å². The number of amides is 1. The Morgan fingerprint density at radius 2 is 1.88 bits per heavy atom. The van der Waals surface area contributed by atoms with Gasteiger partial charge in [0.2, 0.25) is 11.1 Å². The minimum Gasteiger partial charge on any atom is -0.325 e. The Labute approximate surface area is 161 Å². The zero-order chi connectivity index (χ0) is 18.5. The van der Waals surface area contributed by atoms with E-state index < -0.39 is 0 Å². The first-order valence-corrected chi connectivity index (χ1v) is 9.55. The normalized spacial score (nSPS) is 12.0. The third-order valence-electron chi connectivity index (χ3n) is 3.86. The Balaban J connectivity index is 1.62. The van der Waals surface area contributed by atoms with E-state index in [1.165, 1.54) is 17.3 Å². The lowest BCUT2D eigenvalue weighted by Gasteiger charge is -2.10. The molecule has 0 bridgehead atoms. The summed E-state index contributed by atoms with van der Waals surface area (Å²) in [5, 5.41) is 10.8. The second kappa shape index (κ2) is 8.38. The van der Waals surface area contributed by atoms with E-state index in [-0.39, 0.29) is 11.2 Å². The van der Waals surface area contributed by atoms with Gasteiger partial charge in [-0.05, 0) is 43.2 Å². The topological polar surface area (TPSA) is 70.7 Å². The molecule has 134 valence electrons. The Kier molecular flexibility index (Phi) is 5.96. The van der Waals surface area contributed by atoms with Gasteiger partial charge in [-0.2, -0.15) is 0 Å². The average Bonchev–Trinajstić information content (AvgIpc) is 3.12. The van der Waals surface area contributed by atoms with Crippen LogP contribution in [0.1, 0.15) is 19.4 Å². The highest BCUT2D eigenvalue weighted by atomic mass is 35.5. The molecular weight excluding hydrogens is 368 g/mol. The number of thioether (sulfide) groups is 1. The average molecular weight is 387 g/mol. The Morgan fingerprint density at radius 3 is 2.54 bits per heavy atom. The lowest BCUT2D eigenvalue weighted by atomic mass is 10.1. The molecule has 0 aliphatic carbocycles. The van der Waals surface area contributed by atoms with Crippen molar-refractivity contribution in [3.05, 3.63) is 59.1 Å². The van der Waals surface area contributed by atoms with Crippen LogP contribution in [0.2, 0.25) is 5.02 Å². The van der Waals surface area contributed by atoms with Crippen LogP contribution in [0, 0.1) is 0 Å². The van der Waals surface area contributed by atoms with Crippen molar-refractivity contribution in [1.29, 1.82) is 0 Å². The maximum Gasteiger partial charge on any atom is 0.237 e. The summed E-state index contributed by atoms with van der Waals surface area (Å²) in [5.74, 6) is 0.580. The number of rotatable bonds is 6. The van der Waals surface area contributed by atoms with Crippen LogP contribution in [0.3, 0.4) is 0 Å². The standard InChI is InChI=1S/C19H19ClN4OS/c1-3-13-4-6-14(7-5-13)17-22-19(24-23-17)26-12(2)18(25)21-16-10-8-15(20)9-11-16/h4-12H,3H2,1-2H3,(H,21,25)(H,22,23,24)/t12-/m1/s1. The van der Waals surface area contributed by atoms with Gasteiger partial charge in [0.05, 0.1) is 5.25 Å². The van der Waals surface area contributed by atoms with Crippen LogP contribution >= 0.6 is 23.4 Å². The van der Waals surface area contributed by atoms with E-state index in [2.05, 4.69) is 39.6 Å². The molecule has 0 saturated heterocycles. The molecule has 0 unspecified atom stereocenters. The largest absolute Gasteiger partial charge is 0.325 e. The van der Waals surface area contributed by atoms with Crippen LogP contribution in [0.15, 0.2) is 53.7 Å². The van der Waals surface area contributed by atoms with Crippen molar-refractivity contribution in [2.75, 3.05) is 5.32 Å². The number of aryl methyl sites for hydroxylation is 1. The van der Waals surface area contributed by atoms with Crippen molar-refractivity contribution in [1.82, 2.24) is 15.2 Å². The van der Waals surface area contributed by atoms with E-state index >= 15 is 0 Å². The number of halogens is 1. The smallest absolute Gasteiger partial charge is 0.237 e. The third-order valence-corrected chi connectivity index (χ3v) is 5.08. The minimum atomic E-state index is -0.336. The van der Waals surface area contributed by atoms with Crippen LogP contribution in [-0.4, -0.2) is 26.3 Å². The summed E-state index contributed by atoms with van der Waals surface area (Å²) in [6, 6.07) is 15.2. The minimum absolute atomic E-state index is 0.115. The molecule has 1 amide bonds. The highest BCUT2D eigenvalue weighted by molar-refractivity contribution is 8.00. The summed E-state index contributed by atoms with van der Waals surface area (Å²) in [6.45, 7) is 3.94.